The molecular formula is C32H46N6O3S. The van der Waals surface area contributed by atoms with Crippen LogP contribution in [0.25, 0.3) is 0 Å². The number of hydrogen-bond acceptors (Lipinski definition) is 9. The summed E-state index contributed by atoms with van der Waals surface area (Å²) in [5.74, 6) is 1.28. The van der Waals surface area contributed by atoms with Crippen molar-refractivity contribution in [1.29, 1.82) is 5.26 Å². The first kappa shape index (κ1) is 29.9. The number of piperazine rings is 1. The molecule has 0 radical (unpaired) electrons. The van der Waals surface area contributed by atoms with Gasteiger partial charge in [0.1, 0.15) is 5.75 Å². The molecule has 1 spiro atoms. The van der Waals surface area contributed by atoms with Crippen LogP contribution in [-0.2, 0) is 16.0 Å². The lowest BCUT2D eigenvalue weighted by molar-refractivity contribution is -0.135. The van der Waals surface area contributed by atoms with Gasteiger partial charge in [0.2, 0.25) is 5.91 Å². The largest absolute Gasteiger partial charge is 0.497 e. The van der Waals surface area contributed by atoms with Crippen molar-refractivity contribution in [2.24, 2.45) is 5.92 Å². The lowest BCUT2D eigenvalue weighted by Crippen LogP contribution is -2.72. The summed E-state index contributed by atoms with van der Waals surface area (Å²) in [6.45, 7) is 7.59. The van der Waals surface area contributed by atoms with E-state index in [1.54, 1.807) is 7.11 Å². The summed E-state index contributed by atoms with van der Waals surface area (Å²) < 4.78 is 12.3. The van der Waals surface area contributed by atoms with Crippen LogP contribution in [0.4, 0.5) is 0 Å². The van der Waals surface area contributed by atoms with Gasteiger partial charge in [-0.2, -0.15) is 5.26 Å². The number of ether oxygens (including phenoxy) is 2. The predicted molar refractivity (Wildman–Crippen MR) is 164 cm³/mol. The van der Waals surface area contributed by atoms with E-state index in [2.05, 4.69) is 70.1 Å². The number of carbonyl (C=O) groups is 1. The number of thioether (sulfide) groups is 1. The Morgan fingerprint density at radius 2 is 2.12 bits per heavy atom. The first-order valence-corrected chi connectivity index (χ1v) is 16.5. The fourth-order valence-electron chi connectivity index (χ4n) is 8.00. The number of carbonyl (C=O) groups excluding carboxylic acids is 1. The van der Waals surface area contributed by atoms with Crippen LogP contribution < -0.4 is 15.4 Å². The Hall–Kier alpha value is -2.13. The highest BCUT2D eigenvalue weighted by Gasteiger charge is 2.50. The number of hydrogen-bond donors (Lipinski definition) is 2. The third-order valence-electron chi connectivity index (χ3n) is 10.4. The van der Waals surface area contributed by atoms with Crippen molar-refractivity contribution < 1.29 is 14.3 Å². The molecule has 1 saturated carbocycles. The minimum absolute atomic E-state index is 0.0835. The molecule has 1 aromatic carbocycles. The maximum Gasteiger partial charge on any atom is 0.246 e. The fourth-order valence-corrected chi connectivity index (χ4v) is 9.58. The number of likely N-dealkylation sites (N-methyl/N-ethyl adjacent to an activating group) is 1. The average Bonchev–Trinajstić information content (AvgIpc) is 3.43. The second-order valence-electron chi connectivity index (χ2n) is 12.8. The number of fused-ring (bicyclic) bond motifs is 2. The van der Waals surface area contributed by atoms with E-state index in [9.17, 15) is 10.1 Å². The van der Waals surface area contributed by atoms with Gasteiger partial charge >= 0.3 is 0 Å². The van der Waals surface area contributed by atoms with E-state index < -0.39 is 0 Å². The second-order valence-corrected chi connectivity index (χ2v) is 14.3. The molecule has 6 rings (SSSR count). The standard InChI is InChI=1S/C32H46N6O3S/c1-4-29(39)38-17-16-37(20-23(38)11-14-33)30-26-10-13-32(12-9-22-18-25(40-3)7-8-28(22)42-32)19-27(26)34-31(35-30)41-21-24-6-5-15-36(24)2/h4,7-8,18,23-24,26-27,30-31,34-35H,1,5-6,9-13,15-17,19-21H2,2-3H3/t23?,24?,26?,27?,30?,31?,32-/m0/s1. The van der Waals surface area contributed by atoms with Crippen molar-refractivity contribution >= 4 is 17.7 Å². The molecule has 5 aliphatic rings. The first-order valence-electron chi connectivity index (χ1n) is 15.7. The van der Waals surface area contributed by atoms with Crippen molar-refractivity contribution in [2.45, 2.75) is 91.7 Å². The zero-order valence-corrected chi connectivity index (χ0v) is 25.9. The van der Waals surface area contributed by atoms with Gasteiger partial charge in [-0.3, -0.25) is 20.3 Å². The van der Waals surface area contributed by atoms with Crippen molar-refractivity contribution in [3.63, 3.8) is 0 Å². The Balaban J connectivity index is 1.20. The number of amides is 1. The van der Waals surface area contributed by atoms with E-state index in [4.69, 9.17) is 9.47 Å². The van der Waals surface area contributed by atoms with Crippen molar-refractivity contribution in [3.8, 4) is 11.8 Å². The SMILES string of the molecule is C=CC(=O)N1CCN(C2NC(OCC3CCCN3C)NC3C[C@]4(CCc5cc(OC)ccc5S4)CCC32)CC1CC#N. The zero-order chi connectivity index (χ0) is 29.3. The normalized spacial score (nSPS) is 35.3. The second kappa shape index (κ2) is 12.8. The molecule has 10 heteroatoms. The van der Waals surface area contributed by atoms with Crippen molar-refractivity contribution in [3.05, 3.63) is 36.4 Å². The van der Waals surface area contributed by atoms with Gasteiger partial charge in [-0.15, -0.1) is 11.8 Å². The molecule has 1 aliphatic carbocycles. The van der Waals surface area contributed by atoms with Crippen LogP contribution in [0.3, 0.4) is 0 Å². The first-order chi connectivity index (χ1) is 20.4. The average molecular weight is 595 g/mol. The summed E-state index contributed by atoms with van der Waals surface area (Å²) in [6, 6.07) is 9.51. The van der Waals surface area contributed by atoms with E-state index >= 15 is 0 Å². The minimum atomic E-state index is -0.229. The highest BCUT2D eigenvalue weighted by Crippen LogP contribution is 2.53. The van der Waals surface area contributed by atoms with Crippen molar-refractivity contribution in [1.82, 2.24) is 25.3 Å². The lowest BCUT2D eigenvalue weighted by Gasteiger charge is -2.56. The van der Waals surface area contributed by atoms with E-state index in [1.165, 1.54) is 42.2 Å². The number of aryl methyl sites for hydroxylation is 1. The summed E-state index contributed by atoms with van der Waals surface area (Å²) in [7, 11) is 3.93. The molecule has 4 heterocycles. The lowest BCUT2D eigenvalue weighted by atomic mass is 9.73. The number of nitrogens with one attached hydrogen (secondary N) is 2. The zero-order valence-electron chi connectivity index (χ0n) is 25.1. The fraction of sp³-hybridized carbons (Fsp3) is 0.688. The number of rotatable bonds is 7. The van der Waals surface area contributed by atoms with Gasteiger partial charge in [-0.1, -0.05) is 6.58 Å². The highest BCUT2D eigenvalue weighted by molar-refractivity contribution is 8.00. The topological polar surface area (TPSA) is 93.1 Å². The smallest absolute Gasteiger partial charge is 0.246 e. The molecular weight excluding hydrogens is 548 g/mol. The Bertz CT molecular complexity index is 1190. The Morgan fingerprint density at radius 3 is 2.88 bits per heavy atom. The van der Waals surface area contributed by atoms with Gasteiger partial charge in [-0.05, 0) is 88.4 Å². The quantitative estimate of drug-likeness (QED) is 0.462. The third-order valence-corrected chi connectivity index (χ3v) is 12.0. The summed E-state index contributed by atoms with van der Waals surface area (Å²) >= 11 is 2.07. The van der Waals surface area contributed by atoms with Crippen LogP contribution in [0, 0.1) is 17.2 Å². The molecule has 42 heavy (non-hydrogen) atoms. The molecule has 1 amide bonds. The van der Waals surface area contributed by atoms with E-state index in [-0.39, 0.29) is 29.2 Å². The molecule has 9 nitrogen and oxygen atoms in total. The molecule has 6 unspecified atom stereocenters. The summed E-state index contributed by atoms with van der Waals surface area (Å²) in [5, 5.41) is 17.3. The minimum Gasteiger partial charge on any atom is -0.497 e. The summed E-state index contributed by atoms with van der Waals surface area (Å²) in [5.41, 5.74) is 1.40. The number of nitrogens with zero attached hydrogens (tertiary/aromatic N) is 4. The molecule has 7 atom stereocenters. The maximum absolute atomic E-state index is 12.6. The van der Waals surface area contributed by atoms with Crippen LogP contribution in [0.2, 0.25) is 0 Å². The van der Waals surface area contributed by atoms with Crippen LogP contribution in [0.15, 0.2) is 35.7 Å². The Morgan fingerprint density at radius 1 is 1.24 bits per heavy atom. The third kappa shape index (κ3) is 6.10. The van der Waals surface area contributed by atoms with Gasteiger partial charge in [0, 0.05) is 47.3 Å². The van der Waals surface area contributed by atoms with Crippen molar-refractivity contribution in [2.75, 3.05) is 46.9 Å². The van der Waals surface area contributed by atoms with Gasteiger partial charge in [0.15, 0.2) is 6.35 Å². The Labute approximate surface area is 254 Å². The van der Waals surface area contributed by atoms with Crippen LogP contribution in [-0.4, -0.2) is 103 Å². The molecule has 4 aliphatic heterocycles. The van der Waals surface area contributed by atoms with E-state index in [0.29, 0.717) is 44.1 Å². The van der Waals surface area contributed by atoms with E-state index in [1.807, 2.05) is 4.90 Å². The number of benzene rings is 1. The Kier molecular flexibility index (Phi) is 9.15. The van der Waals surface area contributed by atoms with Gasteiger partial charge < -0.3 is 19.3 Å². The molecule has 4 fully saturated rings. The molecule has 1 aromatic rings. The summed E-state index contributed by atoms with van der Waals surface area (Å²) in [6.07, 6.45) is 9.67. The summed E-state index contributed by atoms with van der Waals surface area (Å²) in [4.78, 5) is 20.7. The monoisotopic (exact) mass is 594 g/mol. The van der Waals surface area contributed by atoms with Gasteiger partial charge in [0.05, 0.1) is 38.4 Å². The van der Waals surface area contributed by atoms with Gasteiger partial charge in [-0.25, -0.2) is 0 Å². The van der Waals surface area contributed by atoms with Crippen LogP contribution in [0.5, 0.6) is 5.75 Å². The molecule has 0 aromatic heterocycles. The molecule has 228 valence electrons. The molecule has 2 N–H and O–H groups in total. The van der Waals surface area contributed by atoms with E-state index in [0.717, 1.165) is 38.1 Å². The number of methoxy groups -OCH3 is 1. The molecule has 0 bridgehead atoms. The van der Waals surface area contributed by atoms with Gasteiger partial charge in [0.25, 0.3) is 0 Å². The number of nitriles is 1. The number of likely N-dealkylation sites (tertiary alicyclic amines) is 1. The predicted octanol–water partition coefficient (Wildman–Crippen LogP) is 3.17. The van der Waals surface area contributed by atoms with Crippen LogP contribution in [0.1, 0.15) is 50.5 Å². The van der Waals surface area contributed by atoms with Crippen LogP contribution >= 0.6 is 11.8 Å². The highest BCUT2D eigenvalue weighted by atomic mass is 32.2. The molecule has 3 saturated heterocycles. The maximum atomic E-state index is 12.6.